The summed E-state index contributed by atoms with van der Waals surface area (Å²) in [7, 11) is 0. The van der Waals surface area contributed by atoms with E-state index in [9.17, 15) is 4.79 Å². The Bertz CT molecular complexity index is 463. The molecule has 0 radical (unpaired) electrons. The number of carbonyl (C=O) groups excluding carboxylic acids is 1. The molecule has 0 aliphatic rings. The summed E-state index contributed by atoms with van der Waals surface area (Å²) in [5, 5.41) is 0. The smallest absolute Gasteiger partial charge is 0.133 e. The third kappa shape index (κ3) is 8.64. The van der Waals surface area contributed by atoms with Crippen LogP contribution in [-0.4, -0.2) is 10.8 Å². The van der Waals surface area contributed by atoms with Crippen molar-refractivity contribution in [1.29, 1.82) is 0 Å². The molecule has 0 amide bonds. The first-order valence-corrected chi connectivity index (χ1v) is 8.02. The van der Waals surface area contributed by atoms with Gasteiger partial charge in [-0.1, -0.05) is 47.6 Å². The van der Waals surface area contributed by atoms with Crippen molar-refractivity contribution < 1.29 is 4.79 Å². The predicted octanol–water partition coefficient (Wildman–Crippen LogP) is 5.00. The molecule has 2 heteroatoms. The van der Waals surface area contributed by atoms with E-state index in [2.05, 4.69) is 58.7 Å². The number of rotatable bonds is 6. The molecular weight excluding hydrogens is 258 g/mol. The largest absolute Gasteiger partial charge is 0.300 e. The van der Waals surface area contributed by atoms with Gasteiger partial charge in [-0.2, -0.15) is 0 Å². The minimum Gasteiger partial charge on any atom is -0.300 e. The zero-order chi connectivity index (χ0) is 16.1. The maximum atomic E-state index is 11.9. The van der Waals surface area contributed by atoms with Gasteiger partial charge in [-0.05, 0) is 42.2 Å². The summed E-state index contributed by atoms with van der Waals surface area (Å²) in [6, 6.07) is 6.17. The predicted molar refractivity (Wildman–Crippen MR) is 89.4 cm³/mol. The summed E-state index contributed by atoms with van der Waals surface area (Å²) in [6.07, 6.45) is 4.00. The van der Waals surface area contributed by atoms with Crippen molar-refractivity contribution in [3.8, 4) is 0 Å². The van der Waals surface area contributed by atoms with E-state index in [1.807, 2.05) is 6.07 Å². The number of carbonyl (C=O) groups is 1. The van der Waals surface area contributed by atoms with E-state index >= 15 is 0 Å². The Morgan fingerprint density at radius 2 is 1.57 bits per heavy atom. The first-order chi connectivity index (χ1) is 9.55. The highest BCUT2D eigenvalue weighted by molar-refractivity contribution is 5.78. The Morgan fingerprint density at radius 1 is 0.952 bits per heavy atom. The summed E-state index contributed by atoms with van der Waals surface area (Å²) in [6.45, 7) is 13.2. The number of Topliss-reactive ketones (excluding diaryl/α,β-unsaturated/α-hetero) is 1. The zero-order valence-electron chi connectivity index (χ0n) is 14.6. The molecule has 0 bridgehead atoms. The Balaban J connectivity index is 2.48. The molecule has 1 rings (SSSR count). The second-order valence-corrected chi connectivity index (χ2v) is 8.46. The van der Waals surface area contributed by atoms with Crippen LogP contribution in [-0.2, 0) is 17.6 Å². The van der Waals surface area contributed by atoms with Crippen molar-refractivity contribution in [2.24, 2.45) is 10.8 Å². The van der Waals surface area contributed by atoms with Gasteiger partial charge in [-0.15, -0.1) is 0 Å². The van der Waals surface area contributed by atoms with Crippen LogP contribution < -0.4 is 0 Å². The van der Waals surface area contributed by atoms with E-state index in [4.69, 9.17) is 0 Å². The molecule has 1 aromatic heterocycles. The molecule has 0 aliphatic carbocycles. The number of ketones is 1. The van der Waals surface area contributed by atoms with Crippen LogP contribution in [0.25, 0.3) is 0 Å². The quantitative estimate of drug-likeness (QED) is 0.737. The van der Waals surface area contributed by atoms with Crippen molar-refractivity contribution in [3.05, 3.63) is 29.6 Å². The van der Waals surface area contributed by atoms with Gasteiger partial charge < -0.3 is 0 Å². The minimum atomic E-state index is 0.237. The molecule has 1 aromatic rings. The summed E-state index contributed by atoms with van der Waals surface area (Å²) >= 11 is 0. The Kier molecular flexibility index (Phi) is 6.12. The van der Waals surface area contributed by atoms with Gasteiger partial charge in [-0.3, -0.25) is 9.78 Å². The lowest BCUT2D eigenvalue weighted by Gasteiger charge is -2.18. The van der Waals surface area contributed by atoms with E-state index in [-0.39, 0.29) is 10.8 Å². The van der Waals surface area contributed by atoms with Gasteiger partial charge in [0.05, 0.1) is 0 Å². The van der Waals surface area contributed by atoms with Gasteiger partial charge in [0.25, 0.3) is 0 Å². The van der Waals surface area contributed by atoms with Gasteiger partial charge in [0, 0.05) is 24.2 Å². The molecular formula is C19H31NO. The Hall–Kier alpha value is -1.18. The molecule has 0 atom stereocenters. The lowest BCUT2D eigenvalue weighted by atomic mass is 9.89. The summed E-state index contributed by atoms with van der Waals surface area (Å²) in [4.78, 5) is 16.6. The Labute approximate surface area is 130 Å². The number of pyridine rings is 1. The number of aryl methyl sites for hydroxylation is 1. The van der Waals surface area contributed by atoms with Crippen LogP contribution in [0.2, 0.25) is 0 Å². The number of aromatic nitrogens is 1. The zero-order valence-corrected chi connectivity index (χ0v) is 14.6. The van der Waals surface area contributed by atoms with Crippen molar-refractivity contribution >= 4 is 5.78 Å². The number of hydrogen-bond acceptors (Lipinski definition) is 2. The molecule has 0 saturated heterocycles. The molecule has 0 unspecified atom stereocenters. The second-order valence-electron chi connectivity index (χ2n) is 8.46. The highest BCUT2D eigenvalue weighted by atomic mass is 16.1. The van der Waals surface area contributed by atoms with E-state index in [0.717, 1.165) is 30.7 Å². The van der Waals surface area contributed by atoms with Crippen LogP contribution in [0.1, 0.15) is 72.2 Å². The van der Waals surface area contributed by atoms with Crippen LogP contribution in [0.3, 0.4) is 0 Å². The van der Waals surface area contributed by atoms with E-state index in [0.29, 0.717) is 18.6 Å². The molecule has 1 heterocycles. The second kappa shape index (κ2) is 7.20. The fourth-order valence-corrected chi connectivity index (χ4v) is 2.22. The molecule has 0 fully saturated rings. The summed E-state index contributed by atoms with van der Waals surface area (Å²) in [5.41, 5.74) is 2.65. The summed E-state index contributed by atoms with van der Waals surface area (Å²) < 4.78 is 0. The number of nitrogens with zero attached hydrogens (tertiary/aromatic N) is 1. The topological polar surface area (TPSA) is 30.0 Å². The maximum Gasteiger partial charge on any atom is 0.133 e. The van der Waals surface area contributed by atoms with Crippen LogP contribution >= 0.6 is 0 Å². The molecule has 118 valence electrons. The third-order valence-corrected chi connectivity index (χ3v) is 3.39. The lowest BCUT2D eigenvalue weighted by Crippen LogP contribution is -2.12. The molecule has 0 spiro atoms. The van der Waals surface area contributed by atoms with Crippen molar-refractivity contribution in [3.63, 3.8) is 0 Å². The van der Waals surface area contributed by atoms with E-state index < -0.39 is 0 Å². The van der Waals surface area contributed by atoms with Gasteiger partial charge >= 0.3 is 0 Å². The highest BCUT2D eigenvalue weighted by Crippen LogP contribution is 2.22. The van der Waals surface area contributed by atoms with Crippen molar-refractivity contribution in [2.75, 3.05) is 0 Å². The van der Waals surface area contributed by atoms with Crippen LogP contribution in [0, 0.1) is 10.8 Å². The van der Waals surface area contributed by atoms with Crippen LogP contribution in [0.4, 0.5) is 0 Å². The maximum absolute atomic E-state index is 11.9. The van der Waals surface area contributed by atoms with E-state index in [1.54, 1.807) is 0 Å². The minimum absolute atomic E-state index is 0.237. The van der Waals surface area contributed by atoms with Gasteiger partial charge in [0.1, 0.15) is 5.78 Å². The number of hydrogen-bond donors (Lipinski definition) is 0. The SMILES string of the molecule is CC(C)(C)CCC(=O)CCc1cccc(CC(C)(C)C)n1. The summed E-state index contributed by atoms with van der Waals surface area (Å²) in [5.74, 6) is 0.355. The van der Waals surface area contributed by atoms with Crippen molar-refractivity contribution in [2.45, 2.75) is 73.6 Å². The molecule has 2 nitrogen and oxygen atoms in total. The fraction of sp³-hybridized carbons (Fsp3) is 0.684. The average molecular weight is 289 g/mol. The first-order valence-electron chi connectivity index (χ1n) is 8.02. The molecule has 0 aromatic carbocycles. The van der Waals surface area contributed by atoms with Gasteiger partial charge in [0.2, 0.25) is 0 Å². The molecule has 21 heavy (non-hydrogen) atoms. The molecule has 0 N–H and O–H groups in total. The molecule has 0 saturated carbocycles. The van der Waals surface area contributed by atoms with Crippen molar-refractivity contribution in [1.82, 2.24) is 4.98 Å². The monoisotopic (exact) mass is 289 g/mol. The first kappa shape index (κ1) is 17.9. The standard InChI is InChI=1S/C19H31NO/c1-18(2,3)13-12-17(21)11-10-15-8-7-9-16(20-15)14-19(4,5)6/h7-9H,10-14H2,1-6H3. The van der Waals surface area contributed by atoms with E-state index in [1.165, 1.54) is 0 Å². The average Bonchev–Trinajstić information content (AvgIpc) is 2.31. The normalized spacial score (nSPS) is 12.5. The van der Waals surface area contributed by atoms with Gasteiger partial charge in [-0.25, -0.2) is 0 Å². The third-order valence-electron chi connectivity index (χ3n) is 3.39. The molecule has 0 aliphatic heterocycles. The fourth-order valence-electron chi connectivity index (χ4n) is 2.22. The van der Waals surface area contributed by atoms with Crippen LogP contribution in [0.15, 0.2) is 18.2 Å². The van der Waals surface area contributed by atoms with Crippen LogP contribution in [0.5, 0.6) is 0 Å². The highest BCUT2D eigenvalue weighted by Gasteiger charge is 2.14. The lowest BCUT2D eigenvalue weighted by molar-refractivity contribution is -0.119. The van der Waals surface area contributed by atoms with Gasteiger partial charge in [0.15, 0.2) is 0 Å². The Morgan fingerprint density at radius 3 is 2.14 bits per heavy atom.